The minimum Gasteiger partial charge on any atom is -0.384 e. The molecule has 16 heavy (non-hydrogen) atoms. The normalized spacial score (nSPS) is 10.0. The first-order chi connectivity index (χ1) is 7.70. The number of aromatic nitrogens is 2. The van der Waals surface area contributed by atoms with Crippen molar-refractivity contribution in [1.29, 1.82) is 5.26 Å². The van der Waals surface area contributed by atoms with Crippen molar-refractivity contribution in [3.05, 3.63) is 47.4 Å². The number of hydrogen-bond donors (Lipinski definition) is 1. The van der Waals surface area contributed by atoms with Crippen LogP contribution in [-0.4, -0.2) is 9.78 Å². The van der Waals surface area contributed by atoms with E-state index in [1.165, 1.54) is 16.8 Å². The second-order valence-corrected chi connectivity index (χ2v) is 3.32. The monoisotopic (exact) mass is 216 g/mol. The molecular weight excluding hydrogens is 207 g/mol. The van der Waals surface area contributed by atoms with Crippen molar-refractivity contribution in [2.24, 2.45) is 0 Å². The highest BCUT2D eigenvalue weighted by molar-refractivity contribution is 5.37. The number of nitriles is 1. The summed E-state index contributed by atoms with van der Waals surface area (Å²) in [5.74, 6) is 0.0377. The number of nitrogens with zero attached hydrogens (tertiary/aromatic N) is 3. The van der Waals surface area contributed by atoms with Gasteiger partial charge in [-0.15, -0.1) is 0 Å². The SMILES string of the molecule is N#Cc1cc(N)n(Cc2ccccc2F)n1. The van der Waals surface area contributed by atoms with Gasteiger partial charge in [0.25, 0.3) is 0 Å². The van der Waals surface area contributed by atoms with E-state index in [2.05, 4.69) is 5.10 Å². The molecular formula is C11H9FN4. The lowest BCUT2D eigenvalue weighted by atomic mass is 10.2. The van der Waals surface area contributed by atoms with Crippen LogP contribution >= 0.6 is 0 Å². The third kappa shape index (κ3) is 1.86. The van der Waals surface area contributed by atoms with Crippen LogP contribution in [0.5, 0.6) is 0 Å². The molecule has 0 saturated carbocycles. The first-order valence-corrected chi connectivity index (χ1v) is 4.67. The van der Waals surface area contributed by atoms with E-state index in [0.717, 1.165) is 0 Å². The quantitative estimate of drug-likeness (QED) is 0.827. The molecule has 0 spiro atoms. The van der Waals surface area contributed by atoms with Crippen molar-refractivity contribution >= 4 is 5.82 Å². The van der Waals surface area contributed by atoms with Gasteiger partial charge in [-0.1, -0.05) is 18.2 Å². The van der Waals surface area contributed by atoms with E-state index in [9.17, 15) is 4.39 Å². The number of anilines is 1. The third-order valence-corrected chi connectivity index (χ3v) is 2.20. The van der Waals surface area contributed by atoms with E-state index < -0.39 is 0 Å². The summed E-state index contributed by atoms with van der Waals surface area (Å²) < 4.78 is 14.7. The fourth-order valence-electron chi connectivity index (χ4n) is 1.40. The van der Waals surface area contributed by atoms with Crippen LogP contribution in [0.4, 0.5) is 10.2 Å². The molecule has 0 saturated heterocycles. The zero-order valence-corrected chi connectivity index (χ0v) is 8.39. The summed E-state index contributed by atoms with van der Waals surface area (Å²) in [6.07, 6.45) is 0. The van der Waals surface area contributed by atoms with Gasteiger partial charge in [0.1, 0.15) is 17.7 Å². The van der Waals surface area contributed by atoms with Crippen molar-refractivity contribution in [3.8, 4) is 6.07 Å². The molecule has 0 aliphatic carbocycles. The molecule has 0 bridgehead atoms. The largest absolute Gasteiger partial charge is 0.384 e. The van der Waals surface area contributed by atoms with Crippen LogP contribution in [0.1, 0.15) is 11.3 Å². The lowest BCUT2D eigenvalue weighted by molar-refractivity contribution is 0.587. The van der Waals surface area contributed by atoms with Crippen molar-refractivity contribution < 1.29 is 4.39 Å². The Labute approximate surface area is 91.7 Å². The van der Waals surface area contributed by atoms with Gasteiger partial charge in [0.15, 0.2) is 5.69 Å². The Kier molecular flexibility index (Phi) is 2.56. The smallest absolute Gasteiger partial charge is 0.164 e. The number of rotatable bonds is 2. The van der Waals surface area contributed by atoms with Crippen molar-refractivity contribution in [1.82, 2.24) is 9.78 Å². The summed E-state index contributed by atoms with van der Waals surface area (Å²) in [6, 6.07) is 9.73. The maximum absolute atomic E-state index is 13.3. The van der Waals surface area contributed by atoms with Crippen LogP contribution in [0.15, 0.2) is 30.3 Å². The fourth-order valence-corrected chi connectivity index (χ4v) is 1.40. The molecule has 1 aromatic heterocycles. The predicted molar refractivity (Wildman–Crippen MR) is 56.9 cm³/mol. The Bertz CT molecular complexity index is 553. The number of hydrogen-bond acceptors (Lipinski definition) is 3. The van der Waals surface area contributed by atoms with Crippen molar-refractivity contribution in [2.75, 3.05) is 5.73 Å². The molecule has 2 N–H and O–H groups in total. The van der Waals surface area contributed by atoms with Gasteiger partial charge in [-0.25, -0.2) is 9.07 Å². The van der Waals surface area contributed by atoms with Gasteiger partial charge in [-0.05, 0) is 6.07 Å². The first-order valence-electron chi connectivity index (χ1n) is 4.67. The molecule has 4 nitrogen and oxygen atoms in total. The van der Waals surface area contributed by atoms with E-state index >= 15 is 0 Å². The van der Waals surface area contributed by atoms with E-state index in [0.29, 0.717) is 11.4 Å². The zero-order valence-electron chi connectivity index (χ0n) is 8.39. The molecule has 0 atom stereocenters. The van der Waals surface area contributed by atoms with Gasteiger partial charge < -0.3 is 5.73 Å². The van der Waals surface area contributed by atoms with Crippen molar-refractivity contribution in [2.45, 2.75) is 6.54 Å². The van der Waals surface area contributed by atoms with Crippen LogP contribution in [0.2, 0.25) is 0 Å². The highest BCUT2D eigenvalue weighted by atomic mass is 19.1. The minimum atomic E-state index is -0.309. The number of nitrogen functional groups attached to an aromatic ring is 1. The Morgan fingerprint density at radius 2 is 2.19 bits per heavy atom. The second kappa shape index (κ2) is 4.03. The summed E-state index contributed by atoms with van der Waals surface area (Å²) in [5, 5.41) is 12.6. The van der Waals surface area contributed by atoms with Gasteiger partial charge in [0.05, 0.1) is 6.54 Å². The lowest BCUT2D eigenvalue weighted by Crippen LogP contribution is -2.07. The molecule has 1 heterocycles. The van der Waals surface area contributed by atoms with Crippen LogP contribution in [0.3, 0.4) is 0 Å². The van der Waals surface area contributed by atoms with Crippen LogP contribution in [0, 0.1) is 17.1 Å². The van der Waals surface area contributed by atoms with E-state index in [1.54, 1.807) is 18.2 Å². The van der Waals surface area contributed by atoms with Gasteiger partial charge >= 0.3 is 0 Å². The van der Waals surface area contributed by atoms with E-state index in [1.807, 2.05) is 6.07 Å². The fraction of sp³-hybridized carbons (Fsp3) is 0.0909. The molecule has 0 radical (unpaired) electrons. The van der Waals surface area contributed by atoms with Crippen molar-refractivity contribution in [3.63, 3.8) is 0 Å². The highest BCUT2D eigenvalue weighted by Gasteiger charge is 2.07. The molecule has 5 heteroatoms. The molecule has 0 unspecified atom stereocenters. The zero-order chi connectivity index (χ0) is 11.5. The highest BCUT2D eigenvalue weighted by Crippen LogP contribution is 2.12. The standard InChI is InChI=1S/C11H9FN4/c12-10-4-2-1-3-8(10)7-16-11(14)5-9(6-13)15-16/h1-5H,7,14H2. The molecule has 2 aromatic rings. The molecule has 0 amide bonds. The van der Waals surface area contributed by atoms with Crippen LogP contribution in [0.25, 0.3) is 0 Å². The average Bonchev–Trinajstić information content (AvgIpc) is 2.63. The second-order valence-electron chi connectivity index (χ2n) is 3.32. The molecule has 1 aromatic carbocycles. The maximum Gasteiger partial charge on any atom is 0.164 e. The van der Waals surface area contributed by atoms with Gasteiger partial charge in [0, 0.05) is 11.6 Å². The van der Waals surface area contributed by atoms with Crippen LogP contribution < -0.4 is 5.73 Å². The maximum atomic E-state index is 13.3. The minimum absolute atomic E-state index is 0.222. The van der Waals surface area contributed by atoms with E-state index in [4.69, 9.17) is 11.0 Å². The first kappa shape index (κ1) is 10.2. The van der Waals surface area contributed by atoms with E-state index in [-0.39, 0.29) is 18.1 Å². The third-order valence-electron chi connectivity index (χ3n) is 2.20. The Hall–Kier alpha value is -2.35. The van der Waals surface area contributed by atoms with Crippen LogP contribution in [-0.2, 0) is 6.54 Å². The summed E-state index contributed by atoms with van der Waals surface area (Å²) >= 11 is 0. The molecule has 0 aliphatic rings. The Morgan fingerprint density at radius 3 is 2.81 bits per heavy atom. The summed E-state index contributed by atoms with van der Waals surface area (Å²) in [5.41, 5.74) is 6.36. The number of benzene rings is 1. The van der Waals surface area contributed by atoms with Gasteiger partial charge in [-0.3, -0.25) is 0 Å². The summed E-state index contributed by atoms with van der Waals surface area (Å²) in [6.45, 7) is 0.222. The Morgan fingerprint density at radius 1 is 1.44 bits per heavy atom. The average molecular weight is 216 g/mol. The molecule has 80 valence electrons. The molecule has 2 rings (SSSR count). The topological polar surface area (TPSA) is 67.6 Å². The number of nitrogens with two attached hydrogens (primary N) is 1. The summed E-state index contributed by atoms with van der Waals surface area (Å²) in [7, 11) is 0. The predicted octanol–water partition coefficient (Wildman–Crippen LogP) is 1.52. The van der Waals surface area contributed by atoms with Gasteiger partial charge in [-0.2, -0.15) is 10.4 Å². The number of halogens is 1. The summed E-state index contributed by atoms with van der Waals surface area (Å²) in [4.78, 5) is 0. The van der Waals surface area contributed by atoms with Gasteiger partial charge in [0.2, 0.25) is 0 Å². The lowest BCUT2D eigenvalue weighted by Gasteiger charge is -2.04. The Balaban J connectivity index is 2.31. The molecule has 0 fully saturated rings. The molecule has 0 aliphatic heterocycles.